The van der Waals surface area contributed by atoms with Gasteiger partial charge in [0.2, 0.25) is 19.2 Å². The van der Waals surface area contributed by atoms with Gasteiger partial charge in [-0.15, -0.1) is 0 Å². The van der Waals surface area contributed by atoms with Crippen molar-refractivity contribution in [2.24, 2.45) is 5.16 Å². The molecule has 0 saturated carbocycles. The van der Waals surface area contributed by atoms with Crippen LogP contribution >= 0.6 is 0 Å². The predicted molar refractivity (Wildman–Crippen MR) is 94.7 cm³/mol. The fourth-order valence-corrected chi connectivity index (χ4v) is 2.47. The molecule has 144 valence electrons. The number of carbonyl (C=O) groups is 1. The second-order valence-corrected chi connectivity index (χ2v) is 5.84. The Balaban J connectivity index is 1.25. The zero-order valence-corrected chi connectivity index (χ0v) is 14.9. The number of aromatic nitrogens is 1. The predicted octanol–water partition coefficient (Wildman–Crippen LogP) is 3.15. The Labute approximate surface area is 159 Å². The highest BCUT2D eigenvalue weighted by molar-refractivity contribution is 5.99. The second kappa shape index (κ2) is 7.87. The van der Waals surface area contributed by atoms with Crippen LogP contribution in [0.4, 0.5) is 0 Å². The van der Waals surface area contributed by atoms with Gasteiger partial charge in [-0.25, -0.2) is 4.79 Å². The number of carbonyl (C=O) groups excluding carboxylic acids is 1. The van der Waals surface area contributed by atoms with E-state index in [-0.39, 0.29) is 20.0 Å². The van der Waals surface area contributed by atoms with Crippen LogP contribution < -0.4 is 9.47 Å². The molecule has 1 aromatic carbocycles. The molecule has 3 heterocycles. The molecule has 0 fully saturated rings. The molecule has 9 nitrogen and oxygen atoms in total. The molecular weight excluding hydrogens is 368 g/mol. The maximum Gasteiger partial charge on any atom is 0.347 e. The van der Waals surface area contributed by atoms with Gasteiger partial charge in [-0.05, 0) is 37.3 Å². The van der Waals surface area contributed by atoms with Gasteiger partial charge in [0.15, 0.2) is 17.3 Å². The molecule has 0 unspecified atom stereocenters. The van der Waals surface area contributed by atoms with E-state index in [1.54, 1.807) is 37.3 Å². The standard InChI is InChI=1S/C19H16N2O7/c1-12(13-4-5-16-17(7-13)26-11-25-16)20-27-10-19(22)24-9-14-8-18(28-21-14)15-3-2-6-23-15/h2-8H,9-11H2,1H3/b20-12-. The van der Waals surface area contributed by atoms with Gasteiger partial charge in [0.05, 0.1) is 12.0 Å². The maximum absolute atomic E-state index is 11.8. The van der Waals surface area contributed by atoms with Crippen LogP contribution in [-0.4, -0.2) is 30.2 Å². The fraction of sp³-hybridized carbons (Fsp3) is 0.211. The molecule has 0 saturated heterocycles. The highest BCUT2D eigenvalue weighted by Gasteiger charge is 2.15. The molecule has 3 aromatic rings. The lowest BCUT2D eigenvalue weighted by atomic mass is 10.1. The van der Waals surface area contributed by atoms with Gasteiger partial charge < -0.3 is 28.0 Å². The minimum Gasteiger partial charge on any atom is -0.461 e. The third-order valence-corrected chi connectivity index (χ3v) is 3.88. The Hall–Kier alpha value is -3.75. The van der Waals surface area contributed by atoms with Crippen LogP contribution in [0.2, 0.25) is 0 Å². The number of ether oxygens (including phenoxy) is 3. The molecule has 28 heavy (non-hydrogen) atoms. The highest BCUT2D eigenvalue weighted by atomic mass is 16.7. The van der Waals surface area contributed by atoms with Gasteiger partial charge in [0, 0.05) is 11.6 Å². The lowest BCUT2D eigenvalue weighted by Gasteiger charge is -2.04. The van der Waals surface area contributed by atoms with E-state index in [9.17, 15) is 4.79 Å². The Morgan fingerprint density at radius 1 is 1.18 bits per heavy atom. The average molecular weight is 384 g/mol. The summed E-state index contributed by atoms with van der Waals surface area (Å²) < 4.78 is 26.0. The van der Waals surface area contributed by atoms with E-state index < -0.39 is 5.97 Å². The van der Waals surface area contributed by atoms with Crippen LogP contribution in [0.1, 0.15) is 18.2 Å². The van der Waals surface area contributed by atoms with Crippen molar-refractivity contribution >= 4 is 11.7 Å². The summed E-state index contributed by atoms with van der Waals surface area (Å²) in [6.07, 6.45) is 1.53. The fourth-order valence-electron chi connectivity index (χ4n) is 2.47. The van der Waals surface area contributed by atoms with Crippen molar-refractivity contribution in [1.29, 1.82) is 0 Å². The summed E-state index contributed by atoms with van der Waals surface area (Å²) in [6.45, 7) is 1.59. The molecule has 0 aliphatic carbocycles. The molecule has 2 aromatic heterocycles. The summed E-state index contributed by atoms with van der Waals surface area (Å²) in [5.41, 5.74) is 1.84. The number of furan rings is 1. The van der Waals surface area contributed by atoms with Gasteiger partial charge in [-0.2, -0.15) is 0 Å². The molecule has 4 rings (SSSR count). The molecule has 0 N–H and O–H groups in total. The molecule has 0 bridgehead atoms. The number of rotatable bonds is 7. The zero-order chi connectivity index (χ0) is 19.3. The molecule has 0 radical (unpaired) electrons. The number of benzene rings is 1. The SMILES string of the molecule is C/C(=N/OCC(=O)OCc1cc(-c2ccco2)on1)c1ccc2c(c1)OCO2. The Kier molecular flexibility index (Phi) is 4.96. The first-order chi connectivity index (χ1) is 13.7. The first kappa shape index (κ1) is 17.7. The van der Waals surface area contributed by atoms with E-state index in [2.05, 4.69) is 10.3 Å². The summed E-state index contributed by atoms with van der Waals surface area (Å²) in [4.78, 5) is 16.9. The largest absolute Gasteiger partial charge is 0.461 e. The van der Waals surface area contributed by atoms with E-state index in [1.165, 1.54) is 6.26 Å². The highest BCUT2D eigenvalue weighted by Crippen LogP contribution is 2.32. The summed E-state index contributed by atoms with van der Waals surface area (Å²) >= 11 is 0. The van der Waals surface area contributed by atoms with Gasteiger partial charge in [-0.1, -0.05) is 10.3 Å². The number of oxime groups is 1. The van der Waals surface area contributed by atoms with Crippen molar-refractivity contribution < 1.29 is 32.8 Å². The van der Waals surface area contributed by atoms with Gasteiger partial charge in [0.1, 0.15) is 12.3 Å². The molecule has 0 spiro atoms. The van der Waals surface area contributed by atoms with Gasteiger partial charge >= 0.3 is 5.97 Å². The third-order valence-electron chi connectivity index (χ3n) is 3.88. The number of hydrogen-bond donors (Lipinski definition) is 0. The van der Waals surface area contributed by atoms with E-state index in [0.717, 1.165) is 5.56 Å². The minimum absolute atomic E-state index is 0.0444. The van der Waals surface area contributed by atoms with Crippen molar-refractivity contribution in [1.82, 2.24) is 5.16 Å². The van der Waals surface area contributed by atoms with Crippen LogP contribution in [-0.2, 0) is 21.0 Å². The quantitative estimate of drug-likeness (QED) is 0.347. The first-order valence-corrected chi connectivity index (χ1v) is 8.41. The zero-order valence-electron chi connectivity index (χ0n) is 14.9. The third kappa shape index (κ3) is 3.98. The number of hydrogen-bond acceptors (Lipinski definition) is 9. The summed E-state index contributed by atoms with van der Waals surface area (Å²) in [5.74, 6) is 1.75. The van der Waals surface area contributed by atoms with E-state index in [1.807, 2.05) is 6.07 Å². The summed E-state index contributed by atoms with van der Waals surface area (Å²) in [7, 11) is 0. The molecular formula is C19H16N2O7. The maximum atomic E-state index is 11.8. The van der Waals surface area contributed by atoms with Crippen LogP contribution in [0.3, 0.4) is 0 Å². The topological polar surface area (TPSA) is 106 Å². The molecule has 1 aliphatic heterocycles. The number of esters is 1. The lowest BCUT2D eigenvalue weighted by Crippen LogP contribution is -2.11. The van der Waals surface area contributed by atoms with Crippen molar-refractivity contribution in [3.05, 3.63) is 53.9 Å². The molecule has 9 heteroatoms. The smallest absolute Gasteiger partial charge is 0.347 e. The van der Waals surface area contributed by atoms with Crippen LogP contribution in [0.15, 0.2) is 56.8 Å². The second-order valence-electron chi connectivity index (χ2n) is 5.84. The van der Waals surface area contributed by atoms with Crippen LogP contribution in [0, 0.1) is 0 Å². The summed E-state index contributed by atoms with van der Waals surface area (Å²) in [6, 6.07) is 10.5. The van der Waals surface area contributed by atoms with E-state index in [4.69, 9.17) is 28.0 Å². The Morgan fingerprint density at radius 3 is 2.93 bits per heavy atom. The minimum atomic E-state index is -0.579. The van der Waals surface area contributed by atoms with Crippen molar-refractivity contribution in [2.45, 2.75) is 13.5 Å². The molecule has 0 amide bonds. The van der Waals surface area contributed by atoms with Crippen molar-refractivity contribution in [3.63, 3.8) is 0 Å². The Bertz CT molecular complexity index is 992. The number of fused-ring (bicyclic) bond motifs is 1. The van der Waals surface area contributed by atoms with Gasteiger partial charge in [-0.3, -0.25) is 0 Å². The monoisotopic (exact) mass is 384 g/mol. The van der Waals surface area contributed by atoms with E-state index in [0.29, 0.717) is 34.4 Å². The lowest BCUT2D eigenvalue weighted by molar-refractivity contribution is -0.150. The van der Waals surface area contributed by atoms with Crippen molar-refractivity contribution in [2.75, 3.05) is 13.4 Å². The summed E-state index contributed by atoms with van der Waals surface area (Å²) in [5, 5.41) is 7.74. The normalized spacial score (nSPS) is 12.8. The Morgan fingerprint density at radius 2 is 2.07 bits per heavy atom. The van der Waals surface area contributed by atoms with E-state index >= 15 is 0 Å². The molecule has 1 aliphatic rings. The first-order valence-electron chi connectivity index (χ1n) is 8.41. The van der Waals surface area contributed by atoms with Crippen LogP contribution in [0.5, 0.6) is 11.5 Å². The van der Waals surface area contributed by atoms with Gasteiger partial charge in [0.25, 0.3) is 0 Å². The van der Waals surface area contributed by atoms with Crippen LogP contribution in [0.25, 0.3) is 11.5 Å². The average Bonchev–Trinajstić information content (AvgIpc) is 3.46. The number of nitrogens with zero attached hydrogens (tertiary/aromatic N) is 2. The van der Waals surface area contributed by atoms with Crippen molar-refractivity contribution in [3.8, 4) is 23.0 Å². The molecule has 0 atom stereocenters.